The zero-order chi connectivity index (χ0) is 16.1. The lowest BCUT2D eigenvalue weighted by Gasteiger charge is -2.39. The molecule has 0 bridgehead atoms. The van der Waals surface area contributed by atoms with Crippen molar-refractivity contribution in [1.29, 1.82) is 0 Å². The Bertz CT molecular complexity index is 361. The van der Waals surface area contributed by atoms with Crippen molar-refractivity contribution in [2.24, 2.45) is 0 Å². The van der Waals surface area contributed by atoms with Gasteiger partial charge in [-0.05, 0) is 14.6 Å². The number of hydrogen-bond donors (Lipinski definition) is 0. The van der Waals surface area contributed by atoms with E-state index in [0.29, 0.717) is 0 Å². The minimum atomic E-state index is -1.68. The molecule has 1 saturated heterocycles. The maximum Gasteiger partial charge on any atom is 0.522 e. The van der Waals surface area contributed by atoms with Gasteiger partial charge in [0, 0.05) is 0 Å². The molecule has 1 aliphatic rings. The molecular formula is C14H34N2OPSi2+. The van der Waals surface area contributed by atoms with Crippen LogP contribution in [0.2, 0.25) is 36.3 Å². The average molecular weight is 334 g/mol. The zero-order valence-electron chi connectivity index (χ0n) is 15.2. The van der Waals surface area contributed by atoms with E-state index in [1.807, 2.05) is 0 Å². The van der Waals surface area contributed by atoms with Gasteiger partial charge in [0.15, 0.2) is 16.5 Å². The molecule has 0 aromatic carbocycles. The molecule has 0 unspecified atom stereocenters. The van der Waals surface area contributed by atoms with Gasteiger partial charge in [0.25, 0.3) is 0 Å². The maximum absolute atomic E-state index is 13.2. The third kappa shape index (κ3) is 2.98. The SMILES string of the molecule is CC(C)(C)[Si](C)(C)N1CCN([Si](C)(C)C(C)(C)C)[P+]1=O. The van der Waals surface area contributed by atoms with E-state index in [1.54, 1.807) is 0 Å². The summed E-state index contributed by atoms with van der Waals surface area (Å²) in [4.78, 5) is 0. The van der Waals surface area contributed by atoms with Gasteiger partial charge in [-0.3, -0.25) is 0 Å². The number of rotatable bonds is 2. The Labute approximate surface area is 129 Å². The quantitative estimate of drug-likeness (QED) is 0.508. The molecule has 1 fully saturated rings. The molecule has 0 aromatic rings. The molecule has 0 radical (unpaired) electrons. The van der Waals surface area contributed by atoms with Crippen LogP contribution in [-0.4, -0.2) is 38.2 Å². The third-order valence-electron chi connectivity index (χ3n) is 5.90. The highest BCUT2D eigenvalue weighted by Gasteiger charge is 2.61. The van der Waals surface area contributed by atoms with E-state index < -0.39 is 24.6 Å². The lowest BCUT2D eigenvalue weighted by molar-refractivity contribution is 0.532. The van der Waals surface area contributed by atoms with Crippen LogP contribution in [-0.2, 0) is 4.57 Å². The van der Waals surface area contributed by atoms with E-state index in [4.69, 9.17) is 0 Å². The molecule has 6 heteroatoms. The first kappa shape index (κ1) is 18.5. The Kier molecular flexibility index (Phi) is 4.88. The minimum absolute atomic E-state index is 0.251. The Balaban J connectivity index is 3.06. The van der Waals surface area contributed by atoms with Crippen LogP contribution < -0.4 is 0 Å². The highest BCUT2D eigenvalue weighted by molar-refractivity contribution is 7.45. The lowest BCUT2D eigenvalue weighted by atomic mass is 10.2. The van der Waals surface area contributed by atoms with E-state index in [2.05, 4.69) is 76.4 Å². The second-order valence-electron chi connectivity index (χ2n) is 9.12. The summed E-state index contributed by atoms with van der Waals surface area (Å²) >= 11 is 0. The second-order valence-corrected chi connectivity index (χ2v) is 21.7. The molecule has 20 heavy (non-hydrogen) atoms. The van der Waals surface area contributed by atoms with Gasteiger partial charge in [0.2, 0.25) is 0 Å². The van der Waals surface area contributed by atoms with Gasteiger partial charge in [0.1, 0.15) is 0 Å². The van der Waals surface area contributed by atoms with Crippen LogP contribution in [0.4, 0.5) is 0 Å². The van der Waals surface area contributed by atoms with Crippen LogP contribution in [0.25, 0.3) is 0 Å². The van der Waals surface area contributed by atoms with Gasteiger partial charge in [-0.25, -0.2) is 0 Å². The minimum Gasteiger partial charge on any atom is -0.108 e. The topological polar surface area (TPSA) is 23.6 Å². The summed E-state index contributed by atoms with van der Waals surface area (Å²) < 4.78 is 17.9. The standard InChI is InChI=1S/C14H34N2OPSi2/c1-13(2,3)19(7,8)15-11-12-16(18(15)17)20(9,10)14(4,5)6/h11-12H2,1-10H3/q+1. The summed E-state index contributed by atoms with van der Waals surface area (Å²) in [5, 5.41) is 0.503. The fourth-order valence-corrected chi connectivity index (χ4v) is 12.0. The normalized spacial score (nSPS) is 20.8. The van der Waals surface area contributed by atoms with Gasteiger partial charge in [-0.1, -0.05) is 67.7 Å². The summed E-state index contributed by atoms with van der Waals surface area (Å²) in [7, 11) is -4.73. The molecule has 0 spiro atoms. The third-order valence-corrected chi connectivity index (χ3v) is 21.5. The van der Waals surface area contributed by atoms with Crippen LogP contribution in [0.15, 0.2) is 0 Å². The van der Waals surface area contributed by atoms with Gasteiger partial charge >= 0.3 is 8.10 Å². The molecule has 0 aromatic heterocycles. The van der Waals surface area contributed by atoms with Crippen LogP contribution in [0.1, 0.15) is 41.5 Å². The Morgan fingerprint density at radius 1 is 0.750 bits per heavy atom. The Morgan fingerprint density at radius 2 is 1.00 bits per heavy atom. The molecular weight excluding hydrogens is 299 g/mol. The summed E-state index contributed by atoms with van der Waals surface area (Å²) in [6, 6.07) is 0. The van der Waals surface area contributed by atoms with Crippen LogP contribution in [0.3, 0.4) is 0 Å². The molecule has 0 amide bonds. The fraction of sp³-hybridized carbons (Fsp3) is 1.00. The first-order valence-electron chi connectivity index (χ1n) is 7.66. The molecule has 1 aliphatic heterocycles. The van der Waals surface area contributed by atoms with Crippen LogP contribution in [0, 0.1) is 0 Å². The molecule has 0 saturated carbocycles. The lowest BCUT2D eigenvalue weighted by Crippen LogP contribution is -2.52. The van der Waals surface area contributed by atoms with Crippen molar-refractivity contribution in [3.63, 3.8) is 0 Å². The van der Waals surface area contributed by atoms with Crippen molar-refractivity contribution < 1.29 is 4.57 Å². The first-order chi connectivity index (χ1) is 8.64. The summed E-state index contributed by atoms with van der Waals surface area (Å²) in [5.74, 6) is 0. The number of hydrogen-bond acceptors (Lipinski definition) is 1. The van der Waals surface area contributed by atoms with Gasteiger partial charge in [-0.2, -0.15) is 0 Å². The molecule has 118 valence electrons. The maximum atomic E-state index is 13.2. The van der Waals surface area contributed by atoms with E-state index in [-0.39, 0.29) is 10.1 Å². The molecule has 0 N–H and O–H groups in total. The van der Waals surface area contributed by atoms with E-state index in [9.17, 15) is 4.57 Å². The smallest absolute Gasteiger partial charge is 0.108 e. The van der Waals surface area contributed by atoms with Crippen LogP contribution in [0.5, 0.6) is 0 Å². The van der Waals surface area contributed by atoms with Crippen molar-refractivity contribution in [2.75, 3.05) is 13.1 Å². The van der Waals surface area contributed by atoms with Crippen molar-refractivity contribution in [3.05, 3.63) is 0 Å². The highest BCUT2D eigenvalue weighted by Crippen LogP contribution is 2.54. The Hall–Kier alpha value is 0.454. The zero-order valence-corrected chi connectivity index (χ0v) is 18.1. The Morgan fingerprint density at radius 3 is 1.20 bits per heavy atom. The predicted molar refractivity (Wildman–Crippen MR) is 95.4 cm³/mol. The molecule has 1 rings (SSSR count). The number of nitrogens with zero attached hydrogens (tertiary/aromatic N) is 2. The first-order valence-corrected chi connectivity index (χ1v) is 14.7. The second kappa shape index (κ2) is 5.27. The van der Waals surface area contributed by atoms with Gasteiger partial charge in [0.05, 0.1) is 13.1 Å². The summed E-state index contributed by atoms with van der Waals surface area (Å²) in [6.07, 6.45) is 0. The van der Waals surface area contributed by atoms with Crippen molar-refractivity contribution in [2.45, 2.75) is 77.8 Å². The van der Waals surface area contributed by atoms with Gasteiger partial charge < -0.3 is 0 Å². The fourth-order valence-electron chi connectivity index (χ4n) is 2.25. The van der Waals surface area contributed by atoms with E-state index in [1.165, 1.54) is 0 Å². The molecule has 0 atom stereocenters. The molecule has 0 aliphatic carbocycles. The average Bonchev–Trinajstić information content (AvgIpc) is 2.57. The van der Waals surface area contributed by atoms with Gasteiger partial charge in [-0.15, -0.1) is 8.67 Å². The van der Waals surface area contributed by atoms with Crippen molar-refractivity contribution in [3.8, 4) is 0 Å². The van der Waals surface area contributed by atoms with Crippen molar-refractivity contribution >= 4 is 24.6 Å². The predicted octanol–water partition coefficient (Wildman–Crippen LogP) is 5.27. The largest absolute Gasteiger partial charge is 0.522 e. The summed E-state index contributed by atoms with van der Waals surface area (Å²) in [6.45, 7) is 25.3. The van der Waals surface area contributed by atoms with Crippen molar-refractivity contribution in [1.82, 2.24) is 8.67 Å². The van der Waals surface area contributed by atoms with E-state index in [0.717, 1.165) is 13.1 Å². The van der Waals surface area contributed by atoms with E-state index >= 15 is 0 Å². The monoisotopic (exact) mass is 333 g/mol. The molecule has 3 nitrogen and oxygen atoms in total. The summed E-state index contributed by atoms with van der Waals surface area (Å²) in [5.41, 5.74) is 0. The molecule has 1 heterocycles. The highest BCUT2D eigenvalue weighted by atomic mass is 31.1. The van der Waals surface area contributed by atoms with Crippen LogP contribution >= 0.6 is 8.10 Å².